The highest BCUT2D eigenvalue weighted by Gasteiger charge is 2.31. The molecule has 0 spiro atoms. The van der Waals surface area contributed by atoms with E-state index >= 15 is 0 Å². The second-order valence-corrected chi connectivity index (χ2v) is 6.40. The fourth-order valence-electron chi connectivity index (χ4n) is 2.75. The summed E-state index contributed by atoms with van der Waals surface area (Å²) in [5.41, 5.74) is 2.62. The van der Waals surface area contributed by atoms with E-state index in [0.717, 1.165) is 30.5 Å². The summed E-state index contributed by atoms with van der Waals surface area (Å²) in [6.07, 6.45) is 2.31. The predicted molar refractivity (Wildman–Crippen MR) is 83.8 cm³/mol. The standard InChI is InChI=1S/C15H23BrN2O/c1-15(19-3)7-4-8-18(11-15)14-9-13(16)6-5-12(14)10-17-2/h5-6,9,17H,4,7-8,10-11H2,1-3H3. The van der Waals surface area contributed by atoms with Crippen LogP contribution in [0, 0.1) is 0 Å². The molecule has 0 bridgehead atoms. The van der Waals surface area contributed by atoms with Gasteiger partial charge in [0.25, 0.3) is 0 Å². The van der Waals surface area contributed by atoms with Gasteiger partial charge in [-0.05, 0) is 44.5 Å². The molecular formula is C15H23BrN2O. The SMILES string of the molecule is CNCc1ccc(Br)cc1N1CCCC(C)(OC)C1. The molecule has 1 aromatic rings. The zero-order chi connectivity index (χ0) is 13.9. The Balaban J connectivity index is 2.27. The number of rotatable bonds is 4. The van der Waals surface area contributed by atoms with Gasteiger partial charge in [0, 0.05) is 36.9 Å². The largest absolute Gasteiger partial charge is 0.377 e. The molecule has 106 valence electrons. The van der Waals surface area contributed by atoms with Gasteiger partial charge in [-0.15, -0.1) is 0 Å². The number of benzene rings is 1. The minimum absolute atomic E-state index is 0.0303. The van der Waals surface area contributed by atoms with Gasteiger partial charge in [0.05, 0.1) is 5.60 Å². The summed E-state index contributed by atoms with van der Waals surface area (Å²) in [7, 11) is 3.81. The maximum atomic E-state index is 5.69. The summed E-state index contributed by atoms with van der Waals surface area (Å²) in [6, 6.07) is 6.51. The van der Waals surface area contributed by atoms with E-state index in [0.29, 0.717) is 0 Å². The monoisotopic (exact) mass is 326 g/mol. The Bertz CT molecular complexity index is 438. The molecule has 0 amide bonds. The quantitative estimate of drug-likeness (QED) is 0.919. The summed E-state index contributed by atoms with van der Waals surface area (Å²) in [5.74, 6) is 0. The van der Waals surface area contributed by atoms with Crippen LogP contribution >= 0.6 is 15.9 Å². The van der Waals surface area contributed by atoms with Gasteiger partial charge in [0.15, 0.2) is 0 Å². The van der Waals surface area contributed by atoms with E-state index in [-0.39, 0.29) is 5.60 Å². The topological polar surface area (TPSA) is 24.5 Å². The molecule has 19 heavy (non-hydrogen) atoms. The van der Waals surface area contributed by atoms with Crippen molar-refractivity contribution in [2.75, 3.05) is 32.1 Å². The van der Waals surface area contributed by atoms with Gasteiger partial charge in [0.1, 0.15) is 0 Å². The summed E-state index contributed by atoms with van der Waals surface area (Å²) in [5, 5.41) is 3.24. The summed E-state index contributed by atoms with van der Waals surface area (Å²) in [6.45, 7) is 5.15. The fraction of sp³-hybridized carbons (Fsp3) is 0.600. The lowest BCUT2D eigenvalue weighted by molar-refractivity contribution is -0.00468. The van der Waals surface area contributed by atoms with E-state index in [4.69, 9.17) is 4.74 Å². The minimum Gasteiger partial charge on any atom is -0.377 e. The fourth-order valence-corrected chi connectivity index (χ4v) is 3.10. The van der Waals surface area contributed by atoms with Crippen LogP contribution in [0.4, 0.5) is 5.69 Å². The third-order valence-corrected chi connectivity index (χ3v) is 4.40. The number of nitrogens with one attached hydrogen (secondary N) is 1. The van der Waals surface area contributed by atoms with Crippen molar-refractivity contribution in [3.8, 4) is 0 Å². The van der Waals surface area contributed by atoms with Crippen LogP contribution in [0.1, 0.15) is 25.3 Å². The predicted octanol–water partition coefficient (Wildman–Crippen LogP) is 3.17. The van der Waals surface area contributed by atoms with Crippen molar-refractivity contribution in [1.82, 2.24) is 5.32 Å². The van der Waals surface area contributed by atoms with Crippen LogP contribution < -0.4 is 10.2 Å². The first-order chi connectivity index (χ1) is 9.08. The molecule has 0 aliphatic carbocycles. The Morgan fingerprint density at radius 1 is 1.47 bits per heavy atom. The van der Waals surface area contributed by atoms with Crippen LogP contribution in [0.15, 0.2) is 22.7 Å². The minimum atomic E-state index is -0.0303. The average Bonchev–Trinajstić information content (AvgIpc) is 2.41. The lowest BCUT2D eigenvalue weighted by Gasteiger charge is -2.41. The third-order valence-electron chi connectivity index (χ3n) is 3.91. The van der Waals surface area contributed by atoms with Crippen LogP contribution in [0.5, 0.6) is 0 Å². The van der Waals surface area contributed by atoms with Gasteiger partial charge in [0.2, 0.25) is 0 Å². The molecule has 1 aliphatic rings. The number of hydrogen-bond donors (Lipinski definition) is 1. The van der Waals surface area contributed by atoms with Crippen LogP contribution in [0.3, 0.4) is 0 Å². The Hall–Kier alpha value is -0.580. The molecule has 1 fully saturated rings. The smallest absolute Gasteiger partial charge is 0.0825 e. The molecule has 1 aliphatic heterocycles. The molecule has 3 nitrogen and oxygen atoms in total. The average molecular weight is 327 g/mol. The highest BCUT2D eigenvalue weighted by molar-refractivity contribution is 9.10. The molecule has 1 saturated heterocycles. The maximum absolute atomic E-state index is 5.69. The number of nitrogens with zero attached hydrogens (tertiary/aromatic N) is 1. The Morgan fingerprint density at radius 2 is 2.26 bits per heavy atom. The number of anilines is 1. The van der Waals surface area contributed by atoms with Crippen LogP contribution in [-0.4, -0.2) is 32.8 Å². The molecule has 1 aromatic carbocycles. The lowest BCUT2D eigenvalue weighted by Crippen LogP contribution is -2.47. The van der Waals surface area contributed by atoms with Crippen LogP contribution in [0.25, 0.3) is 0 Å². The number of hydrogen-bond acceptors (Lipinski definition) is 3. The van der Waals surface area contributed by atoms with Crippen molar-refractivity contribution in [3.05, 3.63) is 28.2 Å². The third kappa shape index (κ3) is 3.50. The van der Waals surface area contributed by atoms with Crippen molar-refractivity contribution in [3.63, 3.8) is 0 Å². The van der Waals surface area contributed by atoms with Crippen molar-refractivity contribution >= 4 is 21.6 Å². The van der Waals surface area contributed by atoms with Gasteiger partial charge in [-0.25, -0.2) is 0 Å². The van der Waals surface area contributed by atoms with Crippen LogP contribution in [0.2, 0.25) is 0 Å². The first-order valence-electron chi connectivity index (χ1n) is 6.81. The molecule has 0 saturated carbocycles. The first-order valence-corrected chi connectivity index (χ1v) is 7.60. The first kappa shape index (κ1) is 14.8. The molecule has 1 N–H and O–H groups in total. The van der Waals surface area contributed by atoms with Crippen molar-refractivity contribution in [2.24, 2.45) is 0 Å². The normalized spacial score (nSPS) is 23.7. The van der Waals surface area contributed by atoms with Crippen molar-refractivity contribution < 1.29 is 4.74 Å². The van der Waals surface area contributed by atoms with E-state index in [1.807, 2.05) is 14.2 Å². The number of methoxy groups -OCH3 is 1. The van der Waals surface area contributed by atoms with Crippen molar-refractivity contribution in [2.45, 2.75) is 31.9 Å². The molecule has 0 aromatic heterocycles. The molecular weight excluding hydrogens is 304 g/mol. The Kier molecular flexibility index (Phi) is 4.87. The van der Waals surface area contributed by atoms with E-state index in [1.54, 1.807) is 0 Å². The van der Waals surface area contributed by atoms with Gasteiger partial charge >= 0.3 is 0 Å². The van der Waals surface area contributed by atoms with Crippen LogP contribution in [-0.2, 0) is 11.3 Å². The highest BCUT2D eigenvalue weighted by Crippen LogP contribution is 2.31. The van der Waals surface area contributed by atoms with Gasteiger partial charge < -0.3 is 15.0 Å². The molecule has 1 heterocycles. The highest BCUT2D eigenvalue weighted by atomic mass is 79.9. The second-order valence-electron chi connectivity index (χ2n) is 5.48. The number of halogens is 1. The molecule has 2 rings (SSSR count). The number of piperidine rings is 1. The maximum Gasteiger partial charge on any atom is 0.0825 e. The molecule has 1 atom stereocenters. The molecule has 4 heteroatoms. The van der Waals surface area contributed by atoms with E-state index < -0.39 is 0 Å². The van der Waals surface area contributed by atoms with Crippen molar-refractivity contribution in [1.29, 1.82) is 0 Å². The summed E-state index contributed by atoms with van der Waals surface area (Å²) in [4.78, 5) is 2.45. The van der Waals surface area contributed by atoms with Gasteiger partial charge in [-0.3, -0.25) is 0 Å². The van der Waals surface area contributed by atoms with Gasteiger partial charge in [-0.1, -0.05) is 22.0 Å². The second kappa shape index (κ2) is 6.25. The zero-order valence-electron chi connectivity index (χ0n) is 12.0. The van der Waals surface area contributed by atoms with E-state index in [9.17, 15) is 0 Å². The molecule has 1 unspecified atom stereocenters. The Morgan fingerprint density at radius 3 is 2.95 bits per heavy atom. The Labute approximate surface area is 124 Å². The zero-order valence-corrected chi connectivity index (χ0v) is 13.6. The number of ether oxygens (including phenoxy) is 1. The summed E-state index contributed by atoms with van der Waals surface area (Å²) < 4.78 is 6.82. The molecule has 0 radical (unpaired) electrons. The lowest BCUT2D eigenvalue weighted by atomic mass is 9.94. The van der Waals surface area contributed by atoms with Gasteiger partial charge in [-0.2, -0.15) is 0 Å². The van der Waals surface area contributed by atoms with E-state index in [1.165, 1.54) is 17.7 Å². The van der Waals surface area contributed by atoms with E-state index in [2.05, 4.69) is 51.3 Å². The summed E-state index contributed by atoms with van der Waals surface area (Å²) >= 11 is 3.58.